The van der Waals surface area contributed by atoms with Crippen LogP contribution in [0.15, 0.2) is 42.5 Å². The fourth-order valence-corrected chi connectivity index (χ4v) is 2.05. The van der Waals surface area contributed by atoms with Gasteiger partial charge in [-0.3, -0.25) is 4.79 Å². The van der Waals surface area contributed by atoms with E-state index in [-0.39, 0.29) is 17.8 Å². The molecule has 1 N–H and O–H groups in total. The molecule has 20 heavy (non-hydrogen) atoms. The lowest BCUT2D eigenvalue weighted by Crippen LogP contribution is -2.26. The molecule has 0 radical (unpaired) electrons. The highest BCUT2D eigenvalue weighted by molar-refractivity contribution is 6.42. The Morgan fingerprint density at radius 2 is 1.75 bits per heavy atom. The van der Waals surface area contributed by atoms with Crippen LogP contribution in [-0.2, 0) is 0 Å². The Labute approximate surface area is 126 Å². The van der Waals surface area contributed by atoms with Crippen molar-refractivity contribution in [3.8, 4) is 0 Å². The van der Waals surface area contributed by atoms with E-state index >= 15 is 0 Å². The number of amides is 1. The van der Waals surface area contributed by atoms with Crippen molar-refractivity contribution in [3.05, 3.63) is 69.5 Å². The van der Waals surface area contributed by atoms with Crippen molar-refractivity contribution in [2.24, 2.45) is 0 Å². The number of carbonyl (C=O) groups is 1. The monoisotopic (exact) mass is 311 g/mol. The molecule has 0 aliphatic heterocycles. The first-order chi connectivity index (χ1) is 9.47. The predicted octanol–water partition coefficient (Wildman–Crippen LogP) is 4.62. The van der Waals surface area contributed by atoms with Crippen LogP contribution >= 0.6 is 23.2 Å². The van der Waals surface area contributed by atoms with E-state index in [1.807, 2.05) is 6.92 Å². The molecule has 0 heterocycles. The van der Waals surface area contributed by atoms with Gasteiger partial charge in [0.2, 0.25) is 0 Å². The van der Waals surface area contributed by atoms with E-state index in [1.54, 1.807) is 18.2 Å². The Morgan fingerprint density at radius 1 is 1.10 bits per heavy atom. The summed E-state index contributed by atoms with van der Waals surface area (Å²) in [6.07, 6.45) is 0. The molecule has 5 heteroatoms. The highest BCUT2D eigenvalue weighted by atomic mass is 35.5. The second-order valence-electron chi connectivity index (χ2n) is 4.38. The summed E-state index contributed by atoms with van der Waals surface area (Å²) < 4.78 is 12.8. The van der Waals surface area contributed by atoms with E-state index in [1.165, 1.54) is 24.3 Å². The largest absolute Gasteiger partial charge is 0.346 e. The summed E-state index contributed by atoms with van der Waals surface area (Å²) >= 11 is 11.8. The number of nitrogens with one attached hydrogen (secondary N) is 1. The zero-order chi connectivity index (χ0) is 14.7. The van der Waals surface area contributed by atoms with Crippen LogP contribution < -0.4 is 5.32 Å². The highest BCUT2D eigenvalue weighted by Crippen LogP contribution is 2.25. The van der Waals surface area contributed by atoms with Gasteiger partial charge in [0.25, 0.3) is 5.91 Å². The minimum Gasteiger partial charge on any atom is -0.346 e. The van der Waals surface area contributed by atoms with Gasteiger partial charge in [-0.25, -0.2) is 4.39 Å². The highest BCUT2D eigenvalue weighted by Gasteiger charge is 2.12. The van der Waals surface area contributed by atoms with Crippen molar-refractivity contribution in [1.29, 1.82) is 0 Å². The van der Waals surface area contributed by atoms with Gasteiger partial charge in [0.1, 0.15) is 5.82 Å². The topological polar surface area (TPSA) is 29.1 Å². The fourth-order valence-electron chi connectivity index (χ4n) is 1.75. The van der Waals surface area contributed by atoms with E-state index in [9.17, 15) is 9.18 Å². The number of rotatable bonds is 3. The van der Waals surface area contributed by atoms with E-state index in [0.717, 1.165) is 5.56 Å². The molecule has 0 aromatic heterocycles. The van der Waals surface area contributed by atoms with E-state index in [4.69, 9.17) is 23.2 Å². The number of benzene rings is 2. The first-order valence-corrected chi connectivity index (χ1v) is 6.74. The van der Waals surface area contributed by atoms with Crippen molar-refractivity contribution in [3.63, 3.8) is 0 Å². The number of hydrogen-bond acceptors (Lipinski definition) is 1. The molecule has 1 amide bonds. The Hall–Kier alpha value is -1.58. The van der Waals surface area contributed by atoms with Crippen molar-refractivity contribution < 1.29 is 9.18 Å². The third kappa shape index (κ3) is 3.50. The average molecular weight is 312 g/mol. The molecule has 2 aromatic rings. The molecule has 1 atom stereocenters. The van der Waals surface area contributed by atoms with Gasteiger partial charge in [0.15, 0.2) is 0 Å². The van der Waals surface area contributed by atoms with Crippen LogP contribution in [0.2, 0.25) is 10.0 Å². The number of hydrogen-bond donors (Lipinski definition) is 1. The van der Waals surface area contributed by atoms with Crippen LogP contribution in [0.25, 0.3) is 0 Å². The molecule has 0 spiro atoms. The normalized spacial score (nSPS) is 12.0. The Morgan fingerprint density at radius 3 is 2.35 bits per heavy atom. The number of carbonyl (C=O) groups excluding carboxylic acids is 1. The van der Waals surface area contributed by atoms with Crippen molar-refractivity contribution >= 4 is 29.1 Å². The van der Waals surface area contributed by atoms with Crippen molar-refractivity contribution in [1.82, 2.24) is 5.32 Å². The lowest BCUT2D eigenvalue weighted by atomic mass is 10.1. The molecule has 0 saturated heterocycles. The third-order valence-corrected chi connectivity index (χ3v) is 3.64. The molecule has 0 saturated carbocycles. The maximum absolute atomic E-state index is 12.8. The quantitative estimate of drug-likeness (QED) is 0.880. The Balaban J connectivity index is 2.10. The SMILES string of the molecule is CC(NC(=O)c1ccc(F)cc1)c1ccc(Cl)c(Cl)c1. The van der Waals surface area contributed by atoms with Crippen molar-refractivity contribution in [2.75, 3.05) is 0 Å². The summed E-state index contributed by atoms with van der Waals surface area (Å²) in [5.74, 6) is -0.650. The van der Waals surface area contributed by atoms with E-state index in [0.29, 0.717) is 15.6 Å². The molecule has 1 unspecified atom stereocenters. The molecule has 2 aromatic carbocycles. The minimum atomic E-state index is -0.376. The first kappa shape index (κ1) is 14.8. The predicted molar refractivity (Wildman–Crippen MR) is 78.7 cm³/mol. The molecular formula is C15H12Cl2FNO. The Bertz CT molecular complexity index is 628. The summed E-state index contributed by atoms with van der Waals surface area (Å²) in [5.41, 5.74) is 1.24. The van der Waals surface area contributed by atoms with Crippen molar-refractivity contribution in [2.45, 2.75) is 13.0 Å². The van der Waals surface area contributed by atoms with Gasteiger partial charge in [-0.05, 0) is 48.9 Å². The molecular weight excluding hydrogens is 300 g/mol. The first-order valence-electron chi connectivity index (χ1n) is 5.99. The minimum absolute atomic E-state index is 0.234. The van der Waals surface area contributed by atoms with Crippen LogP contribution in [0.4, 0.5) is 4.39 Å². The van der Waals surface area contributed by atoms with Gasteiger partial charge in [-0.15, -0.1) is 0 Å². The summed E-state index contributed by atoms with van der Waals surface area (Å²) in [6, 6.07) is 10.3. The lowest BCUT2D eigenvalue weighted by Gasteiger charge is -2.15. The molecule has 104 valence electrons. The fraction of sp³-hybridized carbons (Fsp3) is 0.133. The van der Waals surface area contributed by atoms with Gasteiger partial charge in [0, 0.05) is 5.56 Å². The molecule has 0 fully saturated rings. The lowest BCUT2D eigenvalue weighted by molar-refractivity contribution is 0.0940. The van der Waals surface area contributed by atoms with Gasteiger partial charge >= 0.3 is 0 Å². The van der Waals surface area contributed by atoms with E-state index in [2.05, 4.69) is 5.32 Å². The second-order valence-corrected chi connectivity index (χ2v) is 5.19. The van der Waals surface area contributed by atoms with Crippen LogP contribution in [-0.4, -0.2) is 5.91 Å². The molecule has 0 bridgehead atoms. The maximum atomic E-state index is 12.8. The summed E-state index contributed by atoms with van der Waals surface area (Å²) in [5, 5.41) is 3.72. The third-order valence-electron chi connectivity index (χ3n) is 2.90. The van der Waals surface area contributed by atoms with Crippen LogP contribution in [0, 0.1) is 5.82 Å². The summed E-state index contributed by atoms with van der Waals surface area (Å²) in [6.45, 7) is 1.83. The van der Waals surface area contributed by atoms with Gasteiger partial charge < -0.3 is 5.32 Å². The average Bonchev–Trinajstić information content (AvgIpc) is 2.42. The zero-order valence-electron chi connectivity index (χ0n) is 10.7. The number of halogens is 3. The molecule has 2 nitrogen and oxygen atoms in total. The van der Waals surface area contributed by atoms with Crippen LogP contribution in [0.1, 0.15) is 28.9 Å². The van der Waals surface area contributed by atoms with Gasteiger partial charge in [-0.2, -0.15) is 0 Å². The Kier molecular flexibility index (Phi) is 4.63. The van der Waals surface area contributed by atoms with Gasteiger partial charge in [0.05, 0.1) is 16.1 Å². The van der Waals surface area contributed by atoms with E-state index < -0.39 is 0 Å². The van der Waals surface area contributed by atoms with Crippen LogP contribution in [0.5, 0.6) is 0 Å². The standard InChI is InChI=1S/C15H12Cl2FNO/c1-9(11-4-7-13(16)14(17)8-11)19-15(20)10-2-5-12(18)6-3-10/h2-9H,1H3,(H,19,20). The smallest absolute Gasteiger partial charge is 0.251 e. The molecule has 2 rings (SSSR count). The maximum Gasteiger partial charge on any atom is 0.251 e. The molecule has 0 aliphatic rings. The molecule has 0 aliphatic carbocycles. The second kappa shape index (κ2) is 6.25. The zero-order valence-corrected chi connectivity index (χ0v) is 12.2. The van der Waals surface area contributed by atoms with Crippen LogP contribution in [0.3, 0.4) is 0 Å². The van der Waals surface area contributed by atoms with Gasteiger partial charge in [-0.1, -0.05) is 29.3 Å². The summed E-state index contributed by atoms with van der Waals surface area (Å²) in [7, 11) is 0. The summed E-state index contributed by atoms with van der Waals surface area (Å²) in [4.78, 5) is 12.0.